The highest BCUT2D eigenvalue weighted by Crippen LogP contribution is 2.20. The Bertz CT molecular complexity index is 567. The minimum atomic E-state index is -0.249. The second kappa shape index (κ2) is 5.54. The van der Waals surface area contributed by atoms with Gasteiger partial charge in [-0.05, 0) is 49.2 Å². The van der Waals surface area contributed by atoms with Gasteiger partial charge in [0, 0.05) is 24.7 Å². The van der Waals surface area contributed by atoms with Crippen molar-refractivity contribution < 1.29 is 4.39 Å². The van der Waals surface area contributed by atoms with E-state index in [-0.39, 0.29) is 11.9 Å². The van der Waals surface area contributed by atoms with E-state index >= 15 is 0 Å². The summed E-state index contributed by atoms with van der Waals surface area (Å²) in [5, 5.41) is 8.49. The van der Waals surface area contributed by atoms with Crippen molar-refractivity contribution in [3.8, 4) is 11.3 Å². The summed E-state index contributed by atoms with van der Waals surface area (Å²) in [4.78, 5) is 2.16. The van der Waals surface area contributed by atoms with Gasteiger partial charge in [-0.15, -0.1) is 10.2 Å². The van der Waals surface area contributed by atoms with Crippen molar-refractivity contribution in [1.82, 2.24) is 10.2 Å². The molecule has 5 heteroatoms. The number of aromatic nitrogens is 2. The van der Waals surface area contributed by atoms with Gasteiger partial charge in [0.2, 0.25) is 0 Å². The first-order chi connectivity index (χ1) is 9.72. The highest BCUT2D eigenvalue weighted by molar-refractivity contribution is 5.59. The Hall–Kier alpha value is -2.01. The number of anilines is 1. The summed E-state index contributed by atoms with van der Waals surface area (Å²) >= 11 is 0. The predicted octanol–water partition coefficient (Wildman–Crippen LogP) is 2.21. The van der Waals surface area contributed by atoms with E-state index in [9.17, 15) is 4.39 Å². The zero-order valence-electron chi connectivity index (χ0n) is 11.2. The summed E-state index contributed by atoms with van der Waals surface area (Å²) in [5.41, 5.74) is 7.58. The first kappa shape index (κ1) is 13.0. The molecule has 4 nitrogen and oxygen atoms in total. The molecule has 3 rings (SSSR count). The molecule has 1 saturated heterocycles. The lowest BCUT2D eigenvalue weighted by molar-refractivity contribution is 0.502. The zero-order valence-corrected chi connectivity index (χ0v) is 11.2. The van der Waals surface area contributed by atoms with Gasteiger partial charge in [-0.25, -0.2) is 4.39 Å². The van der Waals surface area contributed by atoms with Crippen LogP contribution in [-0.2, 0) is 0 Å². The van der Waals surface area contributed by atoms with Gasteiger partial charge in [-0.2, -0.15) is 0 Å². The Labute approximate surface area is 117 Å². The van der Waals surface area contributed by atoms with E-state index in [2.05, 4.69) is 15.1 Å². The van der Waals surface area contributed by atoms with Gasteiger partial charge in [0.15, 0.2) is 5.82 Å². The van der Waals surface area contributed by atoms with Crippen LogP contribution in [0.5, 0.6) is 0 Å². The number of benzene rings is 1. The molecule has 2 heterocycles. The quantitative estimate of drug-likeness (QED) is 0.910. The van der Waals surface area contributed by atoms with E-state index in [1.165, 1.54) is 12.1 Å². The summed E-state index contributed by atoms with van der Waals surface area (Å²) in [7, 11) is 0. The maximum Gasteiger partial charge on any atom is 0.151 e. The number of piperidine rings is 1. The van der Waals surface area contributed by atoms with Crippen molar-refractivity contribution in [2.24, 2.45) is 5.73 Å². The standard InChI is InChI=1S/C15H17FN4/c16-12-5-3-11(4-6-12)14-7-8-15(19-18-14)20-9-1-2-13(17)10-20/h3-8,13H,1-2,9-10,17H2. The largest absolute Gasteiger partial charge is 0.354 e. The third kappa shape index (κ3) is 2.77. The second-order valence-corrected chi connectivity index (χ2v) is 5.13. The summed E-state index contributed by atoms with van der Waals surface area (Å²) in [6.07, 6.45) is 2.15. The predicted molar refractivity (Wildman–Crippen MR) is 76.8 cm³/mol. The molecule has 1 unspecified atom stereocenters. The smallest absolute Gasteiger partial charge is 0.151 e. The Morgan fingerprint density at radius 3 is 2.55 bits per heavy atom. The molecule has 1 aliphatic heterocycles. The molecule has 0 saturated carbocycles. The normalized spacial score (nSPS) is 19.1. The lowest BCUT2D eigenvalue weighted by atomic mass is 10.1. The van der Waals surface area contributed by atoms with Crippen LogP contribution in [0.3, 0.4) is 0 Å². The molecule has 1 fully saturated rings. The van der Waals surface area contributed by atoms with Crippen LogP contribution in [0.15, 0.2) is 36.4 Å². The molecule has 104 valence electrons. The second-order valence-electron chi connectivity index (χ2n) is 5.13. The highest BCUT2D eigenvalue weighted by atomic mass is 19.1. The van der Waals surface area contributed by atoms with Crippen molar-refractivity contribution in [3.05, 3.63) is 42.2 Å². The molecular weight excluding hydrogens is 255 g/mol. The monoisotopic (exact) mass is 272 g/mol. The number of hydrogen-bond donors (Lipinski definition) is 1. The molecule has 2 aromatic rings. The Balaban J connectivity index is 1.78. The van der Waals surface area contributed by atoms with Crippen LogP contribution in [0.2, 0.25) is 0 Å². The van der Waals surface area contributed by atoms with E-state index in [4.69, 9.17) is 5.73 Å². The van der Waals surface area contributed by atoms with E-state index in [0.29, 0.717) is 0 Å². The minimum absolute atomic E-state index is 0.210. The van der Waals surface area contributed by atoms with Gasteiger partial charge in [-0.1, -0.05) is 0 Å². The van der Waals surface area contributed by atoms with Gasteiger partial charge in [-0.3, -0.25) is 0 Å². The third-order valence-corrected chi connectivity index (χ3v) is 3.57. The molecule has 1 aliphatic rings. The SMILES string of the molecule is NC1CCCN(c2ccc(-c3ccc(F)cc3)nn2)C1. The first-order valence-electron chi connectivity index (χ1n) is 6.82. The Kier molecular flexibility index (Phi) is 3.60. The molecule has 0 aliphatic carbocycles. The van der Waals surface area contributed by atoms with E-state index in [0.717, 1.165) is 43.0 Å². The minimum Gasteiger partial charge on any atom is -0.354 e. The number of nitrogens with two attached hydrogens (primary N) is 1. The fourth-order valence-electron chi connectivity index (χ4n) is 2.49. The van der Waals surface area contributed by atoms with Crippen molar-refractivity contribution in [1.29, 1.82) is 0 Å². The average molecular weight is 272 g/mol. The van der Waals surface area contributed by atoms with Crippen molar-refractivity contribution >= 4 is 5.82 Å². The number of halogens is 1. The Morgan fingerprint density at radius 2 is 1.90 bits per heavy atom. The van der Waals surface area contributed by atoms with Crippen molar-refractivity contribution in [2.45, 2.75) is 18.9 Å². The van der Waals surface area contributed by atoms with Gasteiger partial charge in [0.05, 0.1) is 5.69 Å². The fraction of sp³-hybridized carbons (Fsp3) is 0.333. The maximum absolute atomic E-state index is 12.9. The van der Waals surface area contributed by atoms with Crippen LogP contribution in [0.1, 0.15) is 12.8 Å². The summed E-state index contributed by atoms with van der Waals surface area (Å²) in [6, 6.07) is 10.3. The Morgan fingerprint density at radius 1 is 1.10 bits per heavy atom. The molecule has 0 spiro atoms. The molecule has 0 amide bonds. The van der Waals surface area contributed by atoms with Gasteiger partial charge < -0.3 is 10.6 Å². The number of nitrogens with zero attached hydrogens (tertiary/aromatic N) is 3. The lowest BCUT2D eigenvalue weighted by Crippen LogP contribution is -2.43. The summed E-state index contributed by atoms with van der Waals surface area (Å²) in [6.45, 7) is 1.79. The molecule has 1 aromatic heterocycles. The first-order valence-corrected chi connectivity index (χ1v) is 6.82. The lowest BCUT2D eigenvalue weighted by Gasteiger charge is -2.31. The van der Waals surface area contributed by atoms with Gasteiger partial charge >= 0.3 is 0 Å². The van der Waals surface area contributed by atoms with Crippen LogP contribution in [-0.4, -0.2) is 29.3 Å². The topological polar surface area (TPSA) is 55.0 Å². The third-order valence-electron chi connectivity index (χ3n) is 3.57. The molecule has 2 N–H and O–H groups in total. The van der Waals surface area contributed by atoms with E-state index in [1.54, 1.807) is 12.1 Å². The number of rotatable bonds is 2. The molecule has 0 bridgehead atoms. The summed E-state index contributed by atoms with van der Waals surface area (Å²) in [5.74, 6) is 0.603. The molecule has 20 heavy (non-hydrogen) atoms. The van der Waals surface area contributed by atoms with Gasteiger partial charge in [0.1, 0.15) is 5.82 Å². The van der Waals surface area contributed by atoms with E-state index in [1.807, 2.05) is 12.1 Å². The zero-order chi connectivity index (χ0) is 13.9. The van der Waals surface area contributed by atoms with Crippen LogP contribution in [0.4, 0.5) is 10.2 Å². The van der Waals surface area contributed by atoms with Crippen LogP contribution >= 0.6 is 0 Å². The van der Waals surface area contributed by atoms with E-state index < -0.39 is 0 Å². The number of hydrogen-bond acceptors (Lipinski definition) is 4. The van der Waals surface area contributed by atoms with Crippen molar-refractivity contribution in [3.63, 3.8) is 0 Å². The molecule has 0 radical (unpaired) electrons. The maximum atomic E-state index is 12.9. The van der Waals surface area contributed by atoms with Crippen LogP contribution in [0.25, 0.3) is 11.3 Å². The molecule has 1 atom stereocenters. The van der Waals surface area contributed by atoms with Crippen LogP contribution < -0.4 is 10.6 Å². The average Bonchev–Trinajstić information content (AvgIpc) is 2.48. The van der Waals surface area contributed by atoms with Crippen molar-refractivity contribution in [2.75, 3.05) is 18.0 Å². The van der Waals surface area contributed by atoms with Crippen LogP contribution in [0, 0.1) is 5.82 Å². The molecule has 1 aromatic carbocycles. The summed E-state index contributed by atoms with van der Waals surface area (Å²) < 4.78 is 12.9. The fourth-order valence-corrected chi connectivity index (χ4v) is 2.49. The van der Waals surface area contributed by atoms with Gasteiger partial charge in [0.25, 0.3) is 0 Å². The molecular formula is C15H17FN4. The highest BCUT2D eigenvalue weighted by Gasteiger charge is 2.18.